The number of hydrogen-bond donors (Lipinski definition) is 0. The van der Waals surface area contributed by atoms with Crippen molar-refractivity contribution >= 4 is 6.21 Å². The van der Waals surface area contributed by atoms with Crippen LogP contribution < -0.4 is 0 Å². The van der Waals surface area contributed by atoms with E-state index < -0.39 is 0 Å². The molecule has 0 fully saturated rings. The fourth-order valence-electron chi connectivity index (χ4n) is 1.44. The first-order chi connectivity index (χ1) is 7.45. The number of hydrogen-bond acceptors (Lipinski definition) is 1. The number of allylic oxidation sites excluding steroid dienone is 1. The average molecular weight is 195 g/mol. The van der Waals surface area contributed by atoms with E-state index in [1.807, 2.05) is 36.5 Å². The Morgan fingerprint density at radius 2 is 2.13 bits per heavy atom. The van der Waals surface area contributed by atoms with E-state index in [9.17, 15) is 0 Å². The monoisotopic (exact) mass is 195 g/mol. The number of aliphatic imine (C=N–C) groups is 1. The van der Waals surface area contributed by atoms with Gasteiger partial charge < -0.3 is 0 Å². The van der Waals surface area contributed by atoms with Crippen molar-refractivity contribution in [3.05, 3.63) is 47.5 Å². The molecule has 0 saturated heterocycles. The predicted molar refractivity (Wildman–Crippen MR) is 64.0 cm³/mol. The minimum absolute atomic E-state index is 0.710. The third-order valence-electron chi connectivity index (χ3n) is 2.21. The van der Waals surface area contributed by atoms with Gasteiger partial charge >= 0.3 is 0 Å². The second-order valence-electron chi connectivity index (χ2n) is 3.45. The molecule has 1 aromatic carbocycles. The maximum Gasteiger partial charge on any atom is 0.0715 e. The first kappa shape index (κ1) is 9.73. The van der Waals surface area contributed by atoms with Crippen LogP contribution in [0.1, 0.15) is 18.4 Å². The minimum atomic E-state index is 0.710. The Bertz CT molecular complexity index is 429. The van der Waals surface area contributed by atoms with Crippen molar-refractivity contribution in [1.82, 2.24) is 0 Å². The van der Waals surface area contributed by atoms with Gasteiger partial charge in [-0.15, -0.1) is 0 Å². The van der Waals surface area contributed by atoms with Crippen LogP contribution in [0.15, 0.2) is 47.0 Å². The highest BCUT2D eigenvalue weighted by Crippen LogP contribution is 2.04. The molecule has 0 saturated carbocycles. The van der Waals surface area contributed by atoms with Gasteiger partial charge in [0.2, 0.25) is 0 Å². The topological polar surface area (TPSA) is 12.4 Å². The first-order valence-electron chi connectivity index (χ1n) is 5.18. The Morgan fingerprint density at radius 1 is 1.27 bits per heavy atom. The second kappa shape index (κ2) is 5.17. The van der Waals surface area contributed by atoms with Gasteiger partial charge in [0.1, 0.15) is 0 Å². The van der Waals surface area contributed by atoms with Crippen LogP contribution in [0.5, 0.6) is 0 Å². The summed E-state index contributed by atoms with van der Waals surface area (Å²) in [4.78, 5) is 4.37. The Morgan fingerprint density at radius 3 is 2.87 bits per heavy atom. The highest BCUT2D eigenvalue weighted by atomic mass is 14.7. The zero-order valence-corrected chi connectivity index (χ0v) is 8.61. The summed E-state index contributed by atoms with van der Waals surface area (Å²) in [5.74, 6) is 6.19. The second-order valence-corrected chi connectivity index (χ2v) is 3.45. The van der Waals surface area contributed by atoms with Gasteiger partial charge in [-0.25, -0.2) is 0 Å². The summed E-state index contributed by atoms with van der Waals surface area (Å²) in [7, 11) is 0. The molecule has 74 valence electrons. The van der Waals surface area contributed by atoms with Crippen LogP contribution >= 0.6 is 0 Å². The van der Waals surface area contributed by atoms with Crippen molar-refractivity contribution in [3.8, 4) is 11.8 Å². The van der Waals surface area contributed by atoms with Crippen LogP contribution in [-0.4, -0.2) is 12.8 Å². The van der Waals surface area contributed by atoms with Crippen LogP contribution in [0.4, 0.5) is 0 Å². The zero-order chi connectivity index (χ0) is 10.3. The van der Waals surface area contributed by atoms with E-state index in [0.29, 0.717) is 6.54 Å². The lowest BCUT2D eigenvalue weighted by molar-refractivity contribution is 1.04. The number of nitrogens with zero attached hydrogens (tertiary/aromatic N) is 1. The van der Waals surface area contributed by atoms with E-state index in [4.69, 9.17) is 0 Å². The van der Waals surface area contributed by atoms with E-state index in [-0.39, 0.29) is 0 Å². The van der Waals surface area contributed by atoms with Gasteiger partial charge in [-0.3, -0.25) is 4.99 Å². The van der Waals surface area contributed by atoms with Crippen molar-refractivity contribution in [2.75, 3.05) is 6.54 Å². The maximum absolute atomic E-state index is 4.37. The van der Waals surface area contributed by atoms with E-state index in [2.05, 4.69) is 22.9 Å². The van der Waals surface area contributed by atoms with Crippen molar-refractivity contribution in [3.63, 3.8) is 0 Å². The summed E-state index contributed by atoms with van der Waals surface area (Å²) < 4.78 is 0. The highest BCUT2D eigenvalue weighted by Gasteiger charge is 1.94. The summed E-state index contributed by atoms with van der Waals surface area (Å²) in [5, 5.41) is 0. The van der Waals surface area contributed by atoms with Gasteiger partial charge in [-0.2, -0.15) is 0 Å². The molecule has 1 nitrogen and oxygen atoms in total. The molecule has 0 N–H and O–H groups in total. The Hall–Kier alpha value is -1.81. The summed E-state index contributed by atoms with van der Waals surface area (Å²) in [6, 6.07) is 10.1. The lowest BCUT2D eigenvalue weighted by Crippen LogP contribution is -1.91. The molecule has 0 unspecified atom stereocenters. The van der Waals surface area contributed by atoms with E-state index in [0.717, 1.165) is 24.0 Å². The van der Waals surface area contributed by atoms with Crippen LogP contribution in [0.2, 0.25) is 0 Å². The molecule has 1 aliphatic rings. The van der Waals surface area contributed by atoms with Gasteiger partial charge in [0.25, 0.3) is 0 Å². The van der Waals surface area contributed by atoms with Crippen LogP contribution in [0, 0.1) is 11.8 Å². The first-order valence-corrected chi connectivity index (χ1v) is 5.18. The molecule has 1 aromatic rings. The lowest BCUT2D eigenvalue weighted by atomic mass is 10.1. The quantitative estimate of drug-likeness (QED) is 0.519. The Labute approximate surface area is 90.6 Å². The van der Waals surface area contributed by atoms with Crippen LogP contribution in [0.3, 0.4) is 0 Å². The fourth-order valence-corrected chi connectivity index (χ4v) is 1.44. The van der Waals surface area contributed by atoms with Gasteiger partial charge in [0.15, 0.2) is 0 Å². The van der Waals surface area contributed by atoms with Gasteiger partial charge in [0.05, 0.1) is 6.54 Å². The van der Waals surface area contributed by atoms with E-state index in [1.54, 1.807) is 0 Å². The summed E-state index contributed by atoms with van der Waals surface area (Å²) in [6.07, 6.45) is 6.14. The fraction of sp³-hybridized carbons (Fsp3) is 0.214. The van der Waals surface area contributed by atoms with Gasteiger partial charge in [-0.1, -0.05) is 48.2 Å². The molecule has 0 bridgehead atoms. The molecule has 0 aliphatic heterocycles. The van der Waals surface area contributed by atoms with E-state index >= 15 is 0 Å². The van der Waals surface area contributed by atoms with Crippen molar-refractivity contribution in [1.29, 1.82) is 0 Å². The van der Waals surface area contributed by atoms with Crippen LogP contribution in [0.25, 0.3) is 0 Å². The molecular weight excluding hydrogens is 182 g/mol. The molecule has 0 aromatic heterocycles. The average Bonchev–Trinajstić information content (AvgIpc) is 2.32. The molecule has 0 radical (unpaired) electrons. The smallest absolute Gasteiger partial charge is 0.0715 e. The zero-order valence-electron chi connectivity index (χ0n) is 8.61. The molecular formula is C14H13N. The van der Waals surface area contributed by atoms with Gasteiger partial charge in [-0.05, 0) is 12.0 Å². The Kier molecular flexibility index (Phi) is 3.35. The normalized spacial score (nSPS) is 14.5. The SMILES string of the molecule is C1#CC(CN=Cc2ccccc2)=CCC1. The molecule has 15 heavy (non-hydrogen) atoms. The van der Waals surface area contributed by atoms with Crippen LogP contribution in [-0.2, 0) is 0 Å². The summed E-state index contributed by atoms with van der Waals surface area (Å²) >= 11 is 0. The summed E-state index contributed by atoms with van der Waals surface area (Å²) in [6.45, 7) is 0.710. The van der Waals surface area contributed by atoms with Gasteiger partial charge in [0, 0.05) is 18.2 Å². The minimum Gasteiger partial charge on any atom is -0.287 e. The number of benzene rings is 1. The molecule has 0 spiro atoms. The Balaban J connectivity index is 1.92. The molecule has 1 aliphatic carbocycles. The van der Waals surface area contributed by atoms with Crippen molar-refractivity contribution < 1.29 is 0 Å². The molecule has 0 heterocycles. The predicted octanol–water partition coefficient (Wildman–Crippen LogP) is 2.83. The third-order valence-corrected chi connectivity index (χ3v) is 2.21. The highest BCUT2D eigenvalue weighted by molar-refractivity contribution is 5.79. The lowest BCUT2D eigenvalue weighted by Gasteiger charge is -1.98. The van der Waals surface area contributed by atoms with E-state index in [1.165, 1.54) is 0 Å². The van der Waals surface area contributed by atoms with Crippen molar-refractivity contribution in [2.45, 2.75) is 12.8 Å². The maximum atomic E-state index is 4.37. The van der Waals surface area contributed by atoms with Crippen molar-refractivity contribution in [2.24, 2.45) is 4.99 Å². The molecule has 1 heteroatoms. The summed E-state index contributed by atoms with van der Waals surface area (Å²) in [5.41, 5.74) is 2.29. The number of rotatable bonds is 3. The molecule has 0 atom stereocenters. The largest absolute Gasteiger partial charge is 0.287 e. The molecule has 2 rings (SSSR count). The standard InChI is InChI=1S/C14H13N/c1-3-7-13(8-4-1)11-15-12-14-9-5-2-6-10-14/h1,3-4,7-9,11H,2,5,12H2. The molecule has 0 amide bonds. The third kappa shape index (κ3) is 3.11.